The Balaban J connectivity index is 1.51. The van der Waals surface area contributed by atoms with Gasteiger partial charge in [-0.15, -0.1) is 0 Å². The highest BCUT2D eigenvalue weighted by atomic mass is 32.2. The quantitative estimate of drug-likeness (QED) is 0.626. The van der Waals surface area contributed by atoms with Crippen LogP contribution in [0.1, 0.15) is 38.1 Å². The van der Waals surface area contributed by atoms with E-state index in [4.69, 9.17) is 9.47 Å². The number of aromatic nitrogens is 2. The minimum atomic E-state index is -3.51. The molecule has 34 heavy (non-hydrogen) atoms. The third-order valence-corrected chi connectivity index (χ3v) is 6.96. The van der Waals surface area contributed by atoms with E-state index in [-0.39, 0.29) is 28.9 Å². The summed E-state index contributed by atoms with van der Waals surface area (Å²) in [6.45, 7) is 6.93. The zero-order valence-electron chi connectivity index (χ0n) is 19.7. The zero-order chi connectivity index (χ0) is 24.6. The number of carbonyl (C=O) groups is 1. The number of piperidine rings is 1. The molecule has 1 amide bonds. The van der Waals surface area contributed by atoms with Crippen LogP contribution in [-0.4, -0.2) is 67.5 Å². The lowest BCUT2D eigenvalue weighted by molar-refractivity contribution is 0.0505. The van der Waals surface area contributed by atoms with E-state index >= 15 is 0 Å². The van der Waals surface area contributed by atoms with Crippen molar-refractivity contribution in [3.8, 4) is 5.88 Å². The number of amides is 1. The Labute approximate surface area is 198 Å². The van der Waals surface area contributed by atoms with E-state index in [2.05, 4.69) is 9.97 Å². The molecule has 11 heteroatoms. The number of ether oxygens (including phenoxy) is 2. The largest absolute Gasteiger partial charge is 0.474 e. The summed E-state index contributed by atoms with van der Waals surface area (Å²) in [6.07, 6.45) is 2.33. The van der Waals surface area contributed by atoms with Crippen LogP contribution in [0.5, 0.6) is 5.88 Å². The van der Waals surface area contributed by atoms with Gasteiger partial charge in [0.1, 0.15) is 23.6 Å². The lowest BCUT2D eigenvalue weighted by Crippen LogP contribution is -2.42. The van der Waals surface area contributed by atoms with E-state index in [0.717, 1.165) is 17.9 Å². The molecule has 0 aliphatic carbocycles. The molecule has 0 atom stereocenters. The van der Waals surface area contributed by atoms with Gasteiger partial charge >= 0.3 is 6.09 Å². The van der Waals surface area contributed by atoms with Crippen molar-refractivity contribution >= 4 is 27.4 Å². The van der Waals surface area contributed by atoms with Crippen LogP contribution in [0.15, 0.2) is 23.1 Å². The van der Waals surface area contributed by atoms with Crippen molar-refractivity contribution in [1.29, 1.82) is 0 Å². The van der Waals surface area contributed by atoms with E-state index in [9.17, 15) is 17.6 Å². The van der Waals surface area contributed by atoms with Crippen molar-refractivity contribution in [2.75, 3.05) is 30.8 Å². The molecule has 2 aliphatic heterocycles. The molecule has 0 saturated carbocycles. The fourth-order valence-electron chi connectivity index (χ4n) is 4.19. The van der Waals surface area contributed by atoms with Crippen LogP contribution in [0, 0.1) is 12.7 Å². The summed E-state index contributed by atoms with van der Waals surface area (Å²) in [4.78, 5) is 24.5. The number of halogens is 1. The fourth-order valence-corrected chi connectivity index (χ4v) is 4.82. The molecule has 2 aromatic rings. The number of hydrogen-bond donors (Lipinski definition) is 0. The van der Waals surface area contributed by atoms with Gasteiger partial charge in [0.15, 0.2) is 9.84 Å². The maximum Gasteiger partial charge on any atom is 0.410 e. The van der Waals surface area contributed by atoms with Crippen molar-refractivity contribution in [2.24, 2.45) is 0 Å². The minimum Gasteiger partial charge on any atom is -0.474 e. The Bertz CT molecular complexity index is 1200. The highest BCUT2D eigenvalue weighted by molar-refractivity contribution is 7.90. The number of anilines is 2. The molecular weight excluding hydrogens is 463 g/mol. The number of sulfone groups is 1. The number of aryl methyl sites for hydroxylation is 1. The van der Waals surface area contributed by atoms with Crippen LogP contribution in [-0.2, 0) is 21.0 Å². The normalized spacial score (nSPS) is 16.6. The molecule has 1 aromatic heterocycles. The number of fused-ring (bicyclic) bond motifs is 1. The summed E-state index contributed by atoms with van der Waals surface area (Å²) in [6, 6.07) is 3.90. The summed E-state index contributed by atoms with van der Waals surface area (Å²) in [7, 11) is -3.51. The standard InChI is InChI=1S/C23H29FN4O5S/c1-14(2)32-23(29)27-10-7-16(8-11-27)33-22-18-9-12-28(21(18)25-15(3)26-22)20-6-5-17(13-19(20)24)34(4,30)31/h5-6,13-14,16H,7-12H2,1-4H3. The smallest absolute Gasteiger partial charge is 0.410 e. The lowest BCUT2D eigenvalue weighted by atomic mass is 10.1. The van der Waals surface area contributed by atoms with E-state index in [1.54, 1.807) is 16.7 Å². The average molecular weight is 493 g/mol. The number of carbonyl (C=O) groups excluding carboxylic acids is 1. The van der Waals surface area contributed by atoms with Gasteiger partial charge in [-0.1, -0.05) is 0 Å². The van der Waals surface area contributed by atoms with Crippen LogP contribution in [0.3, 0.4) is 0 Å². The Morgan fingerprint density at radius 1 is 1.18 bits per heavy atom. The molecule has 1 aromatic carbocycles. The van der Waals surface area contributed by atoms with Gasteiger partial charge in [0.2, 0.25) is 5.88 Å². The van der Waals surface area contributed by atoms with Crippen molar-refractivity contribution in [1.82, 2.24) is 14.9 Å². The van der Waals surface area contributed by atoms with Gasteiger partial charge in [0.05, 0.1) is 22.3 Å². The first kappa shape index (κ1) is 24.2. The fraction of sp³-hybridized carbons (Fsp3) is 0.522. The molecule has 184 valence electrons. The van der Waals surface area contributed by atoms with E-state index in [1.807, 2.05) is 13.8 Å². The molecule has 0 radical (unpaired) electrons. The first-order valence-corrected chi connectivity index (χ1v) is 13.2. The van der Waals surface area contributed by atoms with Gasteiger partial charge in [-0.25, -0.2) is 22.6 Å². The lowest BCUT2D eigenvalue weighted by Gasteiger charge is -2.32. The Hall–Kier alpha value is -2.95. The van der Waals surface area contributed by atoms with E-state index < -0.39 is 15.7 Å². The van der Waals surface area contributed by atoms with Crippen molar-refractivity contribution in [2.45, 2.75) is 57.1 Å². The van der Waals surface area contributed by atoms with Gasteiger partial charge < -0.3 is 19.3 Å². The monoisotopic (exact) mass is 492 g/mol. The Morgan fingerprint density at radius 2 is 1.88 bits per heavy atom. The molecule has 1 fully saturated rings. The molecule has 0 bridgehead atoms. The maximum absolute atomic E-state index is 14.9. The highest BCUT2D eigenvalue weighted by Crippen LogP contribution is 2.39. The summed E-state index contributed by atoms with van der Waals surface area (Å²) >= 11 is 0. The SMILES string of the molecule is Cc1nc(OC2CCN(C(=O)OC(C)C)CC2)c2c(n1)N(c1ccc(S(C)(=O)=O)cc1F)CC2. The first-order chi connectivity index (χ1) is 16.0. The molecule has 0 unspecified atom stereocenters. The first-order valence-electron chi connectivity index (χ1n) is 11.3. The van der Waals surface area contributed by atoms with E-state index in [1.165, 1.54) is 12.1 Å². The summed E-state index contributed by atoms with van der Waals surface area (Å²) in [5.74, 6) is 0.898. The second kappa shape index (κ2) is 9.36. The van der Waals surface area contributed by atoms with Crippen LogP contribution in [0.25, 0.3) is 0 Å². The Kier molecular flexibility index (Phi) is 6.66. The van der Waals surface area contributed by atoms with Crippen molar-refractivity contribution in [3.63, 3.8) is 0 Å². The van der Waals surface area contributed by atoms with Crippen LogP contribution >= 0.6 is 0 Å². The summed E-state index contributed by atoms with van der Waals surface area (Å²) < 4.78 is 49.9. The predicted octanol–water partition coefficient (Wildman–Crippen LogP) is 3.41. The average Bonchev–Trinajstić information content (AvgIpc) is 3.16. The van der Waals surface area contributed by atoms with Gasteiger partial charge in [0.25, 0.3) is 0 Å². The highest BCUT2D eigenvalue weighted by Gasteiger charge is 2.31. The molecule has 0 N–H and O–H groups in total. The molecule has 3 heterocycles. The van der Waals surface area contributed by atoms with Crippen LogP contribution < -0.4 is 9.64 Å². The van der Waals surface area contributed by atoms with Crippen LogP contribution in [0.2, 0.25) is 0 Å². The maximum atomic E-state index is 14.9. The van der Waals surface area contributed by atoms with Gasteiger partial charge in [-0.3, -0.25) is 0 Å². The number of rotatable bonds is 5. The van der Waals surface area contributed by atoms with Gasteiger partial charge in [0, 0.05) is 38.7 Å². The molecular formula is C23H29FN4O5S. The molecule has 4 rings (SSSR count). The van der Waals surface area contributed by atoms with E-state index in [0.29, 0.717) is 56.4 Å². The third-order valence-electron chi connectivity index (χ3n) is 5.85. The number of benzene rings is 1. The zero-order valence-corrected chi connectivity index (χ0v) is 20.6. The van der Waals surface area contributed by atoms with Crippen molar-refractivity contribution < 1.29 is 27.1 Å². The molecule has 1 saturated heterocycles. The molecule has 2 aliphatic rings. The van der Waals surface area contributed by atoms with Gasteiger partial charge in [-0.05, 0) is 45.4 Å². The number of likely N-dealkylation sites (tertiary alicyclic amines) is 1. The van der Waals surface area contributed by atoms with Crippen LogP contribution in [0.4, 0.5) is 20.7 Å². The Morgan fingerprint density at radius 3 is 2.50 bits per heavy atom. The second-order valence-electron chi connectivity index (χ2n) is 8.90. The second-order valence-corrected chi connectivity index (χ2v) is 10.9. The van der Waals surface area contributed by atoms with Gasteiger partial charge in [-0.2, -0.15) is 4.98 Å². The third kappa shape index (κ3) is 5.08. The van der Waals surface area contributed by atoms with Crippen molar-refractivity contribution in [3.05, 3.63) is 35.4 Å². The topological polar surface area (TPSA) is 102 Å². The number of nitrogens with zero attached hydrogens (tertiary/aromatic N) is 4. The minimum absolute atomic E-state index is 0.0697. The predicted molar refractivity (Wildman–Crippen MR) is 124 cm³/mol. The molecule has 9 nitrogen and oxygen atoms in total. The summed E-state index contributed by atoms with van der Waals surface area (Å²) in [5, 5.41) is 0. The number of hydrogen-bond acceptors (Lipinski definition) is 8. The molecule has 0 spiro atoms. The summed E-state index contributed by atoms with van der Waals surface area (Å²) in [5.41, 5.74) is 1.05.